The van der Waals surface area contributed by atoms with Gasteiger partial charge in [-0.05, 0) is 18.7 Å². The van der Waals surface area contributed by atoms with Crippen LogP contribution in [0.3, 0.4) is 0 Å². The van der Waals surface area contributed by atoms with Crippen molar-refractivity contribution in [3.63, 3.8) is 0 Å². The number of aliphatic hydroxyl groups is 1. The van der Waals surface area contributed by atoms with Gasteiger partial charge in [-0.15, -0.1) is 0 Å². The van der Waals surface area contributed by atoms with Crippen LogP contribution in [0.15, 0.2) is 12.1 Å². The Morgan fingerprint density at radius 2 is 2.23 bits per heavy atom. The number of fused-ring (bicyclic) bond motifs is 3. The van der Waals surface area contributed by atoms with Crippen LogP contribution in [-0.2, 0) is 16.1 Å². The van der Waals surface area contributed by atoms with Crippen LogP contribution >= 0.6 is 0 Å². The number of rotatable bonds is 5. The summed E-state index contributed by atoms with van der Waals surface area (Å²) in [6.07, 6.45) is 0.0629. The van der Waals surface area contributed by atoms with Gasteiger partial charge in [-0.2, -0.15) is 0 Å². The van der Waals surface area contributed by atoms with Crippen LogP contribution in [0.5, 0.6) is 11.5 Å². The number of carbonyl (C=O) groups is 1. The number of methoxy groups -OCH3 is 1. The number of aliphatic hydroxyl groups excluding tert-OH is 1. The van der Waals surface area contributed by atoms with Crippen molar-refractivity contribution in [3.05, 3.63) is 23.3 Å². The molecule has 1 aromatic carbocycles. The molecule has 120 valence electrons. The van der Waals surface area contributed by atoms with Gasteiger partial charge in [-0.3, -0.25) is 4.79 Å². The molecule has 2 aliphatic rings. The van der Waals surface area contributed by atoms with Crippen LogP contribution in [0.25, 0.3) is 0 Å². The number of ether oxygens (including phenoxy) is 3. The molecule has 3 atom stereocenters. The molecule has 0 radical (unpaired) electrons. The van der Waals surface area contributed by atoms with E-state index in [9.17, 15) is 4.79 Å². The molecular weight excluding hydrogens is 286 g/mol. The molecule has 0 spiro atoms. The van der Waals surface area contributed by atoms with Crippen LogP contribution in [0.1, 0.15) is 29.9 Å². The zero-order chi connectivity index (χ0) is 15.7. The second-order valence-corrected chi connectivity index (χ2v) is 5.66. The number of carbonyl (C=O) groups excluding carboxylic acids is 1. The molecule has 1 saturated carbocycles. The first-order valence-corrected chi connectivity index (χ1v) is 7.44. The van der Waals surface area contributed by atoms with Crippen LogP contribution in [0.2, 0.25) is 0 Å². The quantitative estimate of drug-likeness (QED) is 0.789. The van der Waals surface area contributed by atoms with Crippen molar-refractivity contribution >= 4 is 5.78 Å². The zero-order valence-corrected chi connectivity index (χ0v) is 12.8. The van der Waals surface area contributed by atoms with Gasteiger partial charge in [0.25, 0.3) is 0 Å². The summed E-state index contributed by atoms with van der Waals surface area (Å²) in [6, 6.07) is 3.89. The number of hydrogen-bond acceptors (Lipinski definition) is 6. The SMILES string of the molecule is CNCc1ccc(OC)c2c1C1[C@@H](OCO)CC(=O)C[C@@H]1O2. The molecule has 1 unspecified atom stereocenters. The van der Waals surface area contributed by atoms with Crippen molar-refractivity contribution in [1.82, 2.24) is 5.32 Å². The van der Waals surface area contributed by atoms with E-state index in [4.69, 9.17) is 19.3 Å². The van der Waals surface area contributed by atoms with Gasteiger partial charge in [0.15, 0.2) is 11.5 Å². The van der Waals surface area contributed by atoms with E-state index in [1.807, 2.05) is 19.2 Å². The van der Waals surface area contributed by atoms with Gasteiger partial charge < -0.3 is 24.6 Å². The van der Waals surface area contributed by atoms with Crippen molar-refractivity contribution < 1.29 is 24.1 Å². The molecule has 1 heterocycles. The highest BCUT2D eigenvalue weighted by Gasteiger charge is 2.47. The maximum absolute atomic E-state index is 11.9. The molecule has 1 aliphatic heterocycles. The van der Waals surface area contributed by atoms with Crippen LogP contribution in [0.4, 0.5) is 0 Å². The summed E-state index contributed by atoms with van der Waals surface area (Å²) in [5.41, 5.74) is 2.14. The molecule has 1 aromatic rings. The van der Waals surface area contributed by atoms with Crippen molar-refractivity contribution in [2.24, 2.45) is 0 Å². The standard InChI is InChI=1S/C16H21NO5/c1-17-7-9-3-4-11(20-2)16-14(9)15-12(21-8-18)5-10(19)6-13(15)22-16/h3-4,12-13,15,17-18H,5-8H2,1-2H3/t12-,13-,15?/m0/s1. The Balaban J connectivity index is 2.06. The monoisotopic (exact) mass is 307 g/mol. The first kappa shape index (κ1) is 15.3. The van der Waals surface area contributed by atoms with Gasteiger partial charge in [-0.1, -0.05) is 6.07 Å². The fourth-order valence-electron chi connectivity index (χ4n) is 3.53. The smallest absolute Gasteiger partial charge is 0.165 e. The molecule has 1 fully saturated rings. The van der Waals surface area contributed by atoms with Crippen molar-refractivity contribution in [1.29, 1.82) is 0 Å². The topological polar surface area (TPSA) is 77.0 Å². The Kier molecular flexibility index (Phi) is 4.33. The zero-order valence-electron chi connectivity index (χ0n) is 12.8. The average molecular weight is 307 g/mol. The van der Waals surface area contributed by atoms with E-state index in [1.54, 1.807) is 7.11 Å². The highest BCUT2D eigenvalue weighted by atomic mass is 16.6. The number of ketones is 1. The molecule has 22 heavy (non-hydrogen) atoms. The predicted molar refractivity (Wildman–Crippen MR) is 79.1 cm³/mol. The molecule has 0 bridgehead atoms. The van der Waals surface area contributed by atoms with Gasteiger partial charge in [-0.25, -0.2) is 0 Å². The third-order valence-electron chi connectivity index (χ3n) is 4.39. The second kappa shape index (κ2) is 6.24. The fourth-order valence-corrected chi connectivity index (χ4v) is 3.53. The molecule has 6 heteroatoms. The minimum absolute atomic E-state index is 0.0571. The number of benzene rings is 1. The van der Waals surface area contributed by atoms with Gasteiger partial charge in [0, 0.05) is 24.9 Å². The summed E-state index contributed by atoms with van der Waals surface area (Å²) in [5, 5.41) is 12.3. The van der Waals surface area contributed by atoms with Gasteiger partial charge in [0.2, 0.25) is 0 Å². The molecule has 2 N–H and O–H groups in total. The van der Waals surface area contributed by atoms with Crippen LogP contribution in [-0.4, -0.2) is 44.0 Å². The van der Waals surface area contributed by atoms with E-state index < -0.39 is 6.79 Å². The highest BCUT2D eigenvalue weighted by molar-refractivity contribution is 5.81. The Labute approximate surface area is 129 Å². The van der Waals surface area contributed by atoms with E-state index in [0.29, 0.717) is 30.9 Å². The van der Waals surface area contributed by atoms with Crippen molar-refractivity contribution in [2.75, 3.05) is 21.0 Å². The third kappa shape index (κ3) is 2.47. The fraction of sp³-hybridized carbons (Fsp3) is 0.562. The second-order valence-electron chi connectivity index (χ2n) is 5.66. The Hall–Kier alpha value is -1.63. The Morgan fingerprint density at radius 3 is 2.91 bits per heavy atom. The predicted octanol–water partition coefficient (Wildman–Crippen LogP) is 0.957. The molecular formula is C16H21NO5. The molecule has 6 nitrogen and oxygen atoms in total. The summed E-state index contributed by atoms with van der Waals surface area (Å²) in [5.74, 6) is 1.41. The van der Waals surface area contributed by atoms with E-state index in [0.717, 1.165) is 11.1 Å². The van der Waals surface area contributed by atoms with Gasteiger partial charge in [0.1, 0.15) is 18.7 Å². The highest BCUT2D eigenvalue weighted by Crippen LogP contribution is 2.51. The van der Waals surface area contributed by atoms with Crippen LogP contribution in [0, 0.1) is 0 Å². The molecule has 1 aliphatic carbocycles. The summed E-state index contributed by atoms with van der Waals surface area (Å²) in [6.45, 7) is 0.292. The Morgan fingerprint density at radius 1 is 1.41 bits per heavy atom. The lowest BCUT2D eigenvalue weighted by atomic mass is 9.78. The Bertz CT molecular complexity index is 574. The summed E-state index contributed by atoms with van der Waals surface area (Å²) in [7, 11) is 3.49. The normalized spacial score (nSPS) is 26.3. The van der Waals surface area contributed by atoms with Crippen molar-refractivity contribution in [3.8, 4) is 11.5 Å². The van der Waals surface area contributed by atoms with E-state index in [2.05, 4.69) is 5.32 Å². The van der Waals surface area contributed by atoms with Gasteiger partial charge in [0.05, 0.1) is 19.1 Å². The third-order valence-corrected chi connectivity index (χ3v) is 4.39. The number of hydrogen-bond donors (Lipinski definition) is 2. The van der Waals surface area contributed by atoms with E-state index in [1.165, 1.54) is 0 Å². The molecule has 3 rings (SSSR count). The maximum Gasteiger partial charge on any atom is 0.165 e. The van der Waals surface area contributed by atoms with Gasteiger partial charge >= 0.3 is 0 Å². The summed E-state index contributed by atoms with van der Waals surface area (Å²) in [4.78, 5) is 11.9. The van der Waals surface area contributed by atoms with Crippen LogP contribution < -0.4 is 14.8 Å². The summed E-state index contributed by atoms with van der Waals surface area (Å²) >= 11 is 0. The van der Waals surface area contributed by atoms with Crippen molar-refractivity contribution in [2.45, 2.75) is 37.5 Å². The lowest BCUT2D eigenvalue weighted by Gasteiger charge is -2.31. The lowest BCUT2D eigenvalue weighted by Crippen LogP contribution is -2.40. The molecule has 0 saturated heterocycles. The van der Waals surface area contributed by atoms with E-state index in [-0.39, 0.29) is 23.9 Å². The molecule has 0 aromatic heterocycles. The molecule has 0 amide bonds. The number of nitrogens with one attached hydrogen (secondary N) is 1. The average Bonchev–Trinajstić information content (AvgIpc) is 2.87. The number of Topliss-reactive ketones (excluding diaryl/α,β-unsaturated/α-hetero) is 1. The minimum Gasteiger partial charge on any atom is -0.493 e. The largest absolute Gasteiger partial charge is 0.493 e. The first-order chi connectivity index (χ1) is 10.7. The first-order valence-electron chi connectivity index (χ1n) is 7.44. The minimum atomic E-state index is -0.401. The maximum atomic E-state index is 11.9. The summed E-state index contributed by atoms with van der Waals surface area (Å²) < 4.78 is 16.9. The lowest BCUT2D eigenvalue weighted by molar-refractivity contribution is -0.134. The van der Waals surface area contributed by atoms with E-state index >= 15 is 0 Å².